The molecule has 2 unspecified atom stereocenters. The Morgan fingerprint density at radius 2 is 2.09 bits per heavy atom. The molecule has 0 saturated carbocycles. The van der Waals surface area contributed by atoms with E-state index >= 15 is 0 Å². The van der Waals surface area contributed by atoms with Gasteiger partial charge in [0, 0.05) is 6.42 Å². The molecule has 0 aromatic rings. The Bertz CT molecular complexity index is 128. The van der Waals surface area contributed by atoms with Gasteiger partial charge < -0.3 is 20.1 Å². The molecule has 0 aromatic heterocycles. The fraction of sp³-hybridized carbons (Fsp3) is 1.00. The molecule has 0 aliphatic carbocycles. The third-order valence-electron chi connectivity index (χ3n) is 1.94. The standard InChI is InChI=1S/C7H14O4/c1-4-2-5(9)7(10)6(3-8)11-4/h4-10H,2-3H2,1H3/t4?,5-,6?,7+/m1/s1. The summed E-state index contributed by atoms with van der Waals surface area (Å²) in [6.45, 7) is 1.56. The third-order valence-corrected chi connectivity index (χ3v) is 1.94. The Kier molecular flexibility index (Phi) is 2.84. The van der Waals surface area contributed by atoms with Gasteiger partial charge in [0.05, 0.1) is 18.8 Å². The first-order chi connectivity index (χ1) is 5.15. The fourth-order valence-corrected chi connectivity index (χ4v) is 1.31. The molecule has 4 atom stereocenters. The zero-order valence-corrected chi connectivity index (χ0v) is 6.47. The molecule has 4 nitrogen and oxygen atoms in total. The van der Waals surface area contributed by atoms with Crippen molar-refractivity contribution in [2.45, 2.75) is 37.8 Å². The van der Waals surface area contributed by atoms with E-state index in [9.17, 15) is 10.2 Å². The highest BCUT2D eigenvalue weighted by molar-refractivity contribution is 4.83. The van der Waals surface area contributed by atoms with Crippen LogP contribution in [0.1, 0.15) is 13.3 Å². The van der Waals surface area contributed by atoms with Crippen molar-refractivity contribution < 1.29 is 20.1 Å². The Balaban J connectivity index is 2.51. The molecule has 1 saturated heterocycles. The van der Waals surface area contributed by atoms with Crippen LogP contribution < -0.4 is 0 Å². The average molecular weight is 162 g/mol. The van der Waals surface area contributed by atoms with Crippen molar-refractivity contribution in [3.8, 4) is 0 Å². The van der Waals surface area contributed by atoms with Crippen LogP contribution in [-0.4, -0.2) is 46.3 Å². The van der Waals surface area contributed by atoms with E-state index in [1.165, 1.54) is 0 Å². The number of hydrogen-bond acceptors (Lipinski definition) is 4. The number of hydrogen-bond donors (Lipinski definition) is 3. The lowest BCUT2D eigenvalue weighted by Crippen LogP contribution is -2.49. The maximum Gasteiger partial charge on any atom is 0.109 e. The molecule has 3 N–H and O–H groups in total. The van der Waals surface area contributed by atoms with Gasteiger partial charge in [-0.15, -0.1) is 0 Å². The summed E-state index contributed by atoms with van der Waals surface area (Å²) in [5.74, 6) is 0. The summed E-state index contributed by atoms with van der Waals surface area (Å²) in [7, 11) is 0. The molecule has 0 radical (unpaired) electrons. The second-order valence-corrected chi connectivity index (χ2v) is 2.96. The molecule has 0 aromatic carbocycles. The second kappa shape index (κ2) is 3.49. The minimum atomic E-state index is -0.948. The van der Waals surface area contributed by atoms with E-state index in [-0.39, 0.29) is 12.7 Å². The first-order valence-electron chi connectivity index (χ1n) is 3.77. The smallest absolute Gasteiger partial charge is 0.109 e. The molecule has 4 heteroatoms. The van der Waals surface area contributed by atoms with Gasteiger partial charge >= 0.3 is 0 Å². The largest absolute Gasteiger partial charge is 0.394 e. The molecule has 1 rings (SSSR count). The van der Waals surface area contributed by atoms with Gasteiger partial charge in [0.1, 0.15) is 12.2 Å². The SMILES string of the molecule is CC1C[C@@H](O)[C@H](O)C(CO)O1. The zero-order chi connectivity index (χ0) is 8.43. The van der Waals surface area contributed by atoms with Crippen molar-refractivity contribution in [2.75, 3.05) is 6.61 Å². The lowest BCUT2D eigenvalue weighted by molar-refractivity contribution is -0.174. The summed E-state index contributed by atoms with van der Waals surface area (Å²) >= 11 is 0. The van der Waals surface area contributed by atoms with Crippen LogP contribution in [0.4, 0.5) is 0 Å². The lowest BCUT2D eigenvalue weighted by atomic mass is 9.99. The second-order valence-electron chi connectivity index (χ2n) is 2.96. The maximum absolute atomic E-state index is 9.22. The van der Waals surface area contributed by atoms with Crippen LogP contribution in [0.3, 0.4) is 0 Å². The molecule has 66 valence electrons. The van der Waals surface area contributed by atoms with Crippen LogP contribution in [0.25, 0.3) is 0 Å². The predicted octanol–water partition coefficient (Wildman–Crippen LogP) is -1.12. The average Bonchev–Trinajstić information content (AvgIpc) is 1.96. The van der Waals surface area contributed by atoms with Gasteiger partial charge in [0.15, 0.2) is 0 Å². The normalized spacial score (nSPS) is 45.8. The molecule has 1 fully saturated rings. The van der Waals surface area contributed by atoms with Crippen molar-refractivity contribution in [2.24, 2.45) is 0 Å². The van der Waals surface area contributed by atoms with Crippen molar-refractivity contribution >= 4 is 0 Å². The van der Waals surface area contributed by atoms with Gasteiger partial charge in [-0.05, 0) is 6.92 Å². The highest BCUT2D eigenvalue weighted by atomic mass is 16.5. The van der Waals surface area contributed by atoms with Crippen LogP contribution in [0.5, 0.6) is 0 Å². The van der Waals surface area contributed by atoms with Crippen LogP contribution >= 0.6 is 0 Å². The molecule has 11 heavy (non-hydrogen) atoms. The summed E-state index contributed by atoms with van der Waals surface area (Å²) in [5, 5.41) is 27.1. The van der Waals surface area contributed by atoms with Crippen molar-refractivity contribution in [1.29, 1.82) is 0 Å². The van der Waals surface area contributed by atoms with Crippen molar-refractivity contribution in [3.63, 3.8) is 0 Å². The highest BCUT2D eigenvalue weighted by Crippen LogP contribution is 2.19. The number of rotatable bonds is 1. The van der Waals surface area contributed by atoms with Gasteiger partial charge in [-0.25, -0.2) is 0 Å². The molecule has 1 aliphatic heterocycles. The Hall–Kier alpha value is -0.160. The van der Waals surface area contributed by atoms with Gasteiger partial charge in [-0.3, -0.25) is 0 Å². The maximum atomic E-state index is 9.22. The monoisotopic (exact) mass is 162 g/mol. The van der Waals surface area contributed by atoms with E-state index < -0.39 is 18.3 Å². The number of aliphatic hydroxyl groups is 3. The van der Waals surface area contributed by atoms with Crippen LogP contribution in [-0.2, 0) is 4.74 Å². The summed E-state index contributed by atoms with van der Waals surface area (Å²) < 4.78 is 5.16. The Morgan fingerprint density at radius 1 is 1.45 bits per heavy atom. The fourth-order valence-electron chi connectivity index (χ4n) is 1.31. The highest BCUT2D eigenvalue weighted by Gasteiger charge is 2.34. The lowest BCUT2D eigenvalue weighted by Gasteiger charge is -2.34. The minimum Gasteiger partial charge on any atom is -0.394 e. The van der Waals surface area contributed by atoms with Gasteiger partial charge in [0.25, 0.3) is 0 Å². The van der Waals surface area contributed by atoms with Crippen LogP contribution in [0.2, 0.25) is 0 Å². The summed E-state index contributed by atoms with van der Waals surface area (Å²) in [5.41, 5.74) is 0. The van der Waals surface area contributed by atoms with Gasteiger partial charge in [-0.2, -0.15) is 0 Å². The topological polar surface area (TPSA) is 69.9 Å². The van der Waals surface area contributed by atoms with E-state index in [0.717, 1.165) is 0 Å². The summed E-state index contributed by atoms with van der Waals surface area (Å²) in [6, 6.07) is 0. The minimum absolute atomic E-state index is 0.0921. The molecule has 0 amide bonds. The Morgan fingerprint density at radius 3 is 2.64 bits per heavy atom. The molecule has 0 spiro atoms. The van der Waals surface area contributed by atoms with E-state index in [1.807, 2.05) is 0 Å². The molecule has 0 bridgehead atoms. The molecule has 1 aliphatic rings. The Labute approximate surface area is 65.4 Å². The summed E-state index contributed by atoms with van der Waals surface area (Å²) in [4.78, 5) is 0. The molecular weight excluding hydrogens is 148 g/mol. The van der Waals surface area contributed by atoms with E-state index in [0.29, 0.717) is 6.42 Å². The quantitative estimate of drug-likeness (QED) is 0.456. The van der Waals surface area contributed by atoms with Crippen molar-refractivity contribution in [1.82, 2.24) is 0 Å². The van der Waals surface area contributed by atoms with E-state index in [1.54, 1.807) is 6.92 Å². The van der Waals surface area contributed by atoms with Gasteiger partial charge in [-0.1, -0.05) is 0 Å². The van der Waals surface area contributed by atoms with E-state index in [2.05, 4.69) is 0 Å². The predicted molar refractivity (Wildman–Crippen MR) is 38.1 cm³/mol. The van der Waals surface area contributed by atoms with Crippen LogP contribution in [0, 0.1) is 0 Å². The third kappa shape index (κ3) is 1.90. The van der Waals surface area contributed by atoms with Crippen molar-refractivity contribution in [3.05, 3.63) is 0 Å². The summed E-state index contributed by atoms with van der Waals surface area (Å²) in [6.07, 6.45) is -2.01. The van der Waals surface area contributed by atoms with E-state index in [4.69, 9.17) is 9.84 Å². The first kappa shape index (κ1) is 8.93. The zero-order valence-electron chi connectivity index (χ0n) is 6.47. The molecular formula is C7H14O4. The first-order valence-corrected chi connectivity index (χ1v) is 3.77. The number of aliphatic hydroxyl groups excluding tert-OH is 3. The number of ether oxygens (including phenoxy) is 1. The molecule has 1 heterocycles. The van der Waals surface area contributed by atoms with Gasteiger partial charge in [0.2, 0.25) is 0 Å². The van der Waals surface area contributed by atoms with Crippen LogP contribution in [0.15, 0.2) is 0 Å².